The maximum absolute atomic E-state index is 11.7. The molecule has 0 saturated carbocycles. The largest absolute Gasteiger partial charge is 0.484 e. The highest BCUT2D eigenvalue weighted by molar-refractivity contribution is 6.31. The number of amides is 1. The van der Waals surface area contributed by atoms with E-state index in [2.05, 4.69) is 5.32 Å². The van der Waals surface area contributed by atoms with Gasteiger partial charge < -0.3 is 15.2 Å². The maximum Gasteiger partial charge on any atom is 0.326 e. The third-order valence-electron chi connectivity index (χ3n) is 2.84. The Balaban J connectivity index is 2.52. The summed E-state index contributed by atoms with van der Waals surface area (Å²) in [6, 6.07) is 4.17. The lowest BCUT2D eigenvalue weighted by molar-refractivity contribution is -0.142. The second-order valence-corrected chi connectivity index (χ2v) is 5.69. The first kappa shape index (κ1) is 17.3. The van der Waals surface area contributed by atoms with E-state index in [4.69, 9.17) is 21.4 Å². The van der Waals surface area contributed by atoms with E-state index in [0.29, 0.717) is 17.2 Å². The quantitative estimate of drug-likeness (QED) is 0.811. The summed E-state index contributed by atoms with van der Waals surface area (Å²) in [6.45, 7) is 5.39. The van der Waals surface area contributed by atoms with Crippen molar-refractivity contribution in [3.63, 3.8) is 0 Å². The minimum atomic E-state index is -1.04. The van der Waals surface area contributed by atoms with Crippen molar-refractivity contribution in [1.82, 2.24) is 5.32 Å². The minimum absolute atomic E-state index is 0.172. The normalized spacial score (nSPS) is 12.0. The molecule has 5 nitrogen and oxygen atoms in total. The molecule has 0 spiro atoms. The van der Waals surface area contributed by atoms with Crippen LogP contribution in [0.1, 0.15) is 25.8 Å². The number of hydrogen-bond donors (Lipinski definition) is 2. The van der Waals surface area contributed by atoms with Crippen molar-refractivity contribution >= 4 is 23.5 Å². The molecule has 0 aliphatic rings. The third kappa shape index (κ3) is 6.04. The molecule has 1 amide bonds. The van der Waals surface area contributed by atoms with E-state index >= 15 is 0 Å². The zero-order chi connectivity index (χ0) is 16.0. The van der Waals surface area contributed by atoms with Crippen LogP contribution in [0.2, 0.25) is 5.02 Å². The van der Waals surface area contributed by atoms with Crippen LogP contribution >= 0.6 is 11.6 Å². The molecule has 0 aliphatic heterocycles. The number of carbonyl (C=O) groups is 2. The van der Waals surface area contributed by atoms with Crippen LogP contribution in [0.15, 0.2) is 18.2 Å². The molecule has 1 aromatic carbocycles. The monoisotopic (exact) mass is 313 g/mol. The number of halogens is 1. The third-order valence-corrected chi connectivity index (χ3v) is 3.26. The van der Waals surface area contributed by atoms with Crippen molar-refractivity contribution in [2.24, 2.45) is 5.92 Å². The van der Waals surface area contributed by atoms with Gasteiger partial charge in [0.25, 0.3) is 5.91 Å². The van der Waals surface area contributed by atoms with Crippen LogP contribution in [0.3, 0.4) is 0 Å². The molecule has 6 heteroatoms. The van der Waals surface area contributed by atoms with E-state index in [1.807, 2.05) is 20.8 Å². The molecule has 0 unspecified atom stereocenters. The standard InChI is InChI=1S/C15H20ClNO4/c1-9(2)6-13(15(19)20)17-14(18)8-21-11-4-5-12(16)10(3)7-11/h4-5,7,9,13H,6,8H2,1-3H3,(H,17,18)(H,19,20)/t13-/m1/s1. The average molecular weight is 314 g/mol. The highest BCUT2D eigenvalue weighted by Crippen LogP contribution is 2.20. The Kier molecular flexibility index (Phi) is 6.49. The summed E-state index contributed by atoms with van der Waals surface area (Å²) in [5, 5.41) is 12.1. The van der Waals surface area contributed by atoms with Crippen LogP contribution < -0.4 is 10.1 Å². The lowest BCUT2D eigenvalue weighted by atomic mass is 10.0. The maximum atomic E-state index is 11.7. The summed E-state index contributed by atoms with van der Waals surface area (Å²) in [7, 11) is 0. The van der Waals surface area contributed by atoms with E-state index in [1.54, 1.807) is 18.2 Å². The molecule has 1 atom stereocenters. The number of rotatable bonds is 7. The van der Waals surface area contributed by atoms with Crippen molar-refractivity contribution in [2.75, 3.05) is 6.61 Å². The van der Waals surface area contributed by atoms with Gasteiger partial charge >= 0.3 is 5.97 Å². The summed E-state index contributed by atoms with van der Waals surface area (Å²) in [4.78, 5) is 22.8. The number of nitrogens with one attached hydrogen (secondary N) is 1. The number of carboxylic acid groups (broad SMARTS) is 1. The van der Waals surface area contributed by atoms with E-state index in [1.165, 1.54) is 0 Å². The first-order valence-corrected chi connectivity index (χ1v) is 7.08. The molecule has 0 bridgehead atoms. The fourth-order valence-corrected chi connectivity index (χ4v) is 1.90. The molecular weight excluding hydrogens is 294 g/mol. The van der Waals surface area contributed by atoms with Gasteiger partial charge in [0.15, 0.2) is 6.61 Å². The molecule has 0 fully saturated rings. The van der Waals surface area contributed by atoms with Crippen LogP contribution in [0.4, 0.5) is 0 Å². The number of carbonyl (C=O) groups excluding carboxylic acids is 1. The minimum Gasteiger partial charge on any atom is -0.484 e. The van der Waals surface area contributed by atoms with Crippen molar-refractivity contribution in [1.29, 1.82) is 0 Å². The Morgan fingerprint density at radius 1 is 1.38 bits per heavy atom. The number of ether oxygens (including phenoxy) is 1. The van der Waals surface area contributed by atoms with Crippen LogP contribution in [-0.4, -0.2) is 29.6 Å². The highest BCUT2D eigenvalue weighted by atomic mass is 35.5. The van der Waals surface area contributed by atoms with Gasteiger partial charge in [-0.25, -0.2) is 4.79 Å². The molecule has 0 radical (unpaired) electrons. The Morgan fingerprint density at radius 2 is 2.05 bits per heavy atom. The average Bonchev–Trinajstić information content (AvgIpc) is 2.38. The van der Waals surface area contributed by atoms with Gasteiger partial charge in [-0.3, -0.25) is 4.79 Å². The second kappa shape index (κ2) is 7.88. The SMILES string of the molecule is Cc1cc(OCC(=O)N[C@H](CC(C)C)C(=O)O)ccc1Cl. The lowest BCUT2D eigenvalue weighted by Crippen LogP contribution is -2.43. The zero-order valence-corrected chi connectivity index (χ0v) is 13.1. The number of aryl methyl sites for hydroxylation is 1. The lowest BCUT2D eigenvalue weighted by Gasteiger charge is -2.16. The van der Waals surface area contributed by atoms with Gasteiger partial charge in [0.2, 0.25) is 0 Å². The smallest absolute Gasteiger partial charge is 0.326 e. The molecule has 0 aliphatic carbocycles. The Labute approximate surface area is 129 Å². The number of carboxylic acids is 1. The Bertz CT molecular complexity index is 516. The fourth-order valence-electron chi connectivity index (χ4n) is 1.78. The second-order valence-electron chi connectivity index (χ2n) is 5.29. The topological polar surface area (TPSA) is 75.6 Å². The summed E-state index contributed by atoms with van der Waals surface area (Å²) < 4.78 is 5.33. The van der Waals surface area contributed by atoms with Crippen LogP contribution in [-0.2, 0) is 9.59 Å². The highest BCUT2D eigenvalue weighted by Gasteiger charge is 2.21. The van der Waals surface area contributed by atoms with Crippen molar-refractivity contribution in [3.8, 4) is 5.75 Å². The summed E-state index contributed by atoms with van der Waals surface area (Å²) >= 11 is 5.90. The predicted molar refractivity (Wildman–Crippen MR) is 80.7 cm³/mol. The van der Waals surface area contributed by atoms with Gasteiger partial charge in [-0.15, -0.1) is 0 Å². The van der Waals surface area contributed by atoms with E-state index < -0.39 is 17.9 Å². The number of hydrogen-bond acceptors (Lipinski definition) is 3. The summed E-state index contributed by atoms with van der Waals surface area (Å²) in [5.41, 5.74) is 0.845. The Hall–Kier alpha value is -1.75. The Morgan fingerprint density at radius 3 is 2.57 bits per heavy atom. The van der Waals surface area contributed by atoms with Gasteiger partial charge in [-0.2, -0.15) is 0 Å². The molecule has 1 rings (SSSR count). The molecule has 116 valence electrons. The van der Waals surface area contributed by atoms with Crippen molar-refractivity contribution in [2.45, 2.75) is 33.2 Å². The summed E-state index contributed by atoms with van der Waals surface area (Å²) in [5.74, 6) is -0.816. The van der Waals surface area contributed by atoms with Crippen molar-refractivity contribution < 1.29 is 19.4 Å². The molecule has 2 N–H and O–H groups in total. The van der Waals surface area contributed by atoms with Gasteiger partial charge in [0.05, 0.1) is 0 Å². The van der Waals surface area contributed by atoms with Crippen LogP contribution in [0.25, 0.3) is 0 Å². The zero-order valence-electron chi connectivity index (χ0n) is 12.4. The number of aliphatic carboxylic acids is 1. The van der Waals surface area contributed by atoms with Crippen LogP contribution in [0.5, 0.6) is 5.75 Å². The molecule has 0 aromatic heterocycles. The predicted octanol–water partition coefficient (Wildman–Crippen LogP) is 2.64. The van der Waals surface area contributed by atoms with Crippen molar-refractivity contribution in [3.05, 3.63) is 28.8 Å². The molecule has 1 aromatic rings. The molecule has 0 heterocycles. The van der Waals surface area contributed by atoms with Gasteiger partial charge in [-0.1, -0.05) is 25.4 Å². The van der Waals surface area contributed by atoms with Crippen LogP contribution in [0, 0.1) is 12.8 Å². The van der Waals surface area contributed by atoms with Gasteiger partial charge in [0, 0.05) is 5.02 Å². The summed E-state index contributed by atoms with van der Waals surface area (Å²) in [6.07, 6.45) is 0.376. The first-order valence-electron chi connectivity index (χ1n) is 6.70. The molecule has 0 saturated heterocycles. The van der Waals surface area contributed by atoms with Gasteiger partial charge in [-0.05, 0) is 43.0 Å². The van der Waals surface area contributed by atoms with E-state index in [-0.39, 0.29) is 12.5 Å². The molecule has 21 heavy (non-hydrogen) atoms. The first-order chi connectivity index (χ1) is 9.79. The fraction of sp³-hybridized carbons (Fsp3) is 0.467. The number of benzene rings is 1. The van der Waals surface area contributed by atoms with E-state index in [9.17, 15) is 9.59 Å². The molecular formula is C15H20ClNO4. The van der Waals surface area contributed by atoms with Gasteiger partial charge in [0.1, 0.15) is 11.8 Å². The van der Waals surface area contributed by atoms with E-state index in [0.717, 1.165) is 5.56 Å².